The SMILES string of the molecule is O=C(CC1C=CCC1)NC(C(=O)O)c1ccccc1. The Balaban J connectivity index is 1.99. The van der Waals surface area contributed by atoms with Gasteiger partial charge in [0.2, 0.25) is 5.91 Å². The summed E-state index contributed by atoms with van der Waals surface area (Å²) in [4.78, 5) is 23.1. The molecule has 4 heteroatoms. The lowest BCUT2D eigenvalue weighted by atomic mass is 10.0. The van der Waals surface area contributed by atoms with Gasteiger partial charge in [0.1, 0.15) is 0 Å². The minimum Gasteiger partial charge on any atom is -0.479 e. The van der Waals surface area contributed by atoms with E-state index in [4.69, 9.17) is 0 Å². The molecule has 0 bridgehead atoms. The third-order valence-corrected chi connectivity index (χ3v) is 3.25. The second-order valence-corrected chi connectivity index (χ2v) is 4.72. The fraction of sp³-hybridized carbons (Fsp3) is 0.333. The number of nitrogens with one attached hydrogen (secondary N) is 1. The Labute approximate surface area is 112 Å². The molecule has 1 aromatic carbocycles. The molecule has 0 spiro atoms. The number of benzene rings is 1. The van der Waals surface area contributed by atoms with Gasteiger partial charge in [-0.2, -0.15) is 0 Å². The molecule has 2 N–H and O–H groups in total. The van der Waals surface area contributed by atoms with E-state index in [1.165, 1.54) is 0 Å². The minimum absolute atomic E-state index is 0.215. The third kappa shape index (κ3) is 3.68. The van der Waals surface area contributed by atoms with Crippen LogP contribution in [0.1, 0.15) is 30.9 Å². The zero-order valence-corrected chi connectivity index (χ0v) is 10.6. The molecule has 0 aromatic heterocycles. The van der Waals surface area contributed by atoms with E-state index in [-0.39, 0.29) is 11.8 Å². The number of aliphatic carboxylic acids is 1. The highest BCUT2D eigenvalue weighted by Gasteiger charge is 2.23. The number of carboxylic acid groups (broad SMARTS) is 1. The van der Waals surface area contributed by atoms with Gasteiger partial charge >= 0.3 is 5.97 Å². The monoisotopic (exact) mass is 259 g/mol. The van der Waals surface area contributed by atoms with Crippen LogP contribution in [0.5, 0.6) is 0 Å². The van der Waals surface area contributed by atoms with Crippen molar-refractivity contribution in [3.05, 3.63) is 48.0 Å². The Morgan fingerprint density at radius 3 is 2.63 bits per heavy atom. The van der Waals surface area contributed by atoms with Crippen molar-refractivity contribution in [2.24, 2.45) is 5.92 Å². The normalized spacial score (nSPS) is 19.1. The van der Waals surface area contributed by atoms with Gasteiger partial charge in [-0.3, -0.25) is 4.79 Å². The van der Waals surface area contributed by atoms with Gasteiger partial charge < -0.3 is 10.4 Å². The van der Waals surface area contributed by atoms with Gasteiger partial charge in [-0.05, 0) is 24.3 Å². The summed E-state index contributed by atoms with van der Waals surface area (Å²) in [7, 11) is 0. The lowest BCUT2D eigenvalue weighted by Gasteiger charge is -2.16. The Morgan fingerprint density at radius 2 is 2.05 bits per heavy atom. The Kier molecular flexibility index (Phi) is 4.34. The van der Waals surface area contributed by atoms with Crippen molar-refractivity contribution in [1.82, 2.24) is 5.32 Å². The first-order valence-corrected chi connectivity index (χ1v) is 6.40. The molecular weight excluding hydrogens is 242 g/mol. The summed E-state index contributed by atoms with van der Waals surface area (Å²) >= 11 is 0. The predicted molar refractivity (Wildman–Crippen MR) is 71.4 cm³/mol. The largest absolute Gasteiger partial charge is 0.479 e. The van der Waals surface area contributed by atoms with Crippen LogP contribution in [0.3, 0.4) is 0 Å². The highest BCUT2D eigenvalue weighted by molar-refractivity contribution is 5.84. The molecule has 0 saturated carbocycles. The van der Waals surface area contributed by atoms with Crippen molar-refractivity contribution in [2.45, 2.75) is 25.3 Å². The molecule has 2 atom stereocenters. The van der Waals surface area contributed by atoms with Crippen molar-refractivity contribution in [3.63, 3.8) is 0 Å². The van der Waals surface area contributed by atoms with E-state index >= 15 is 0 Å². The summed E-state index contributed by atoms with van der Waals surface area (Å²) < 4.78 is 0. The summed E-state index contributed by atoms with van der Waals surface area (Å²) in [5, 5.41) is 11.8. The van der Waals surface area contributed by atoms with Crippen LogP contribution in [-0.4, -0.2) is 17.0 Å². The maximum atomic E-state index is 11.9. The maximum Gasteiger partial charge on any atom is 0.330 e. The molecule has 1 aromatic rings. The number of rotatable bonds is 5. The van der Waals surface area contributed by atoms with Gasteiger partial charge in [0, 0.05) is 6.42 Å². The highest BCUT2D eigenvalue weighted by atomic mass is 16.4. The molecule has 0 aliphatic heterocycles. The minimum atomic E-state index is -1.04. The van der Waals surface area contributed by atoms with E-state index in [1.807, 2.05) is 12.1 Å². The fourth-order valence-corrected chi connectivity index (χ4v) is 2.26. The van der Waals surface area contributed by atoms with E-state index in [1.54, 1.807) is 24.3 Å². The van der Waals surface area contributed by atoms with Crippen molar-refractivity contribution < 1.29 is 14.7 Å². The van der Waals surface area contributed by atoms with Gasteiger partial charge in [0.15, 0.2) is 6.04 Å². The highest BCUT2D eigenvalue weighted by Crippen LogP contribution is 2.21. The first-order chi connectivity index (χ1) is 9.16. The number of allylic oxidation sites excluding steroid dienone is 2. The Bertz CT molecular complexity index is 481. The van der Waals surface area contributed by atoms with Crippen LogP contribution in [-0.2, 0) is 9.59 Å². The standard InChI is InChI=1S/C15H17NO3/c17-13(10-11-6-4-5-7-11)16-14(15(18)19)12-8-2-1-3-9-12/h1-4,6,8-9,11,14H,5,7,10H2,(H,16,17)(H,18,19). The summed E-state index contributed by atoms with van der Waals surface area (Å²) in [6, 6.07) is 7.77. The molecule has 2 rings (SSSR count). The zero-order chi connectivity index (χ0) is 13.7. The van der Waals surface area contributed by atoms with Crippen LogP contribution >= 0.6 is 0 Å². The number of carbonyl (C=O) groups is 2. The average molecular weight is 259 g/mol. The van der Waals surface area contributed by atoms with Gasteiger partial charge in [-0.25, -0.2) is 4.79 Å². The fourth-order valence-electron chi connectivity index (χ4n) is 2.26. The topological polar surface area (TPSA) is 66.4 Å². The summed E-state index contributed by atoms with van der Waals surface area (Å²) in [5.41, 5.74) is 0.588. The van der Waals surface area contributed by atoms with Crippen molar-refractivity contribution in [2.75, 3.05) is 0 Å². The quantitative estimate of drug-likeness (QED) is 0.797. The van der Waals surface area contributed by atoms with Crippen LogP contribution in [0, 0.1) is 5.92 Å². The molecule has 100 valence electrons. The molecule has 1 aliphatic rings. The number of amides is 1. The smallest absolute Gasteiger partial charge is 0.330 e. The van der Waals surface area contributed by atoms with Crippen LogP contribution in [0.2, 0.25) is 0 Å². The van der Waals surface area contributed by atoms with Crippen molar-refractivity contribution in [3.8, 4) is 0 Å². The number of hydrogen-bond donors (Lipinski definition) is 2. The van der Waals surface area contributed by atoms with E-state index in [9.17, 15) is 14.7 Å². The molecule has 19 heavy (non-hydrogen) atoms. The second kappa shape index (κ2) is 6.18. The molecule has 2 unspecified atom stereocenters. The first kappa shape index (κ1) is 13.3. The molecular formula is C15H17NO3. The van der Waals surface area contributed by atoms with Crippen LogP contribution in [0.4, 0.5) is 0 Å². The molecule has 0 radical (unpaired) electrons. The van der Waals surface area contributed by atoms with Crippen LogP contribution < -0.4 is 5.32 Å². The van der Waals surface area contributed by atoms with Crippen molar-refractivity contribution >= 4 is 11.9 Å². The molecule has 0 fully saturated rings. The lowest BCUT2D eigenvalue weighted by Crippen LogP contribution is -2.34. The first-order valence-electron chi connectivity index (χ1n) is 6.40. The number of carbonyl (C=O) groups excluding carboxylic acids is 1. The van der Waals surface area contributed by atoms with Crippen LogP contribution in [0.15, 0.2) is 42.5 Å². The summed E-state index contributed by atoms with van der Waals surface area (Å²) in [6.07, 6.45) is 6.41. The van der Waals surface area contributed by atoms with Gasteiger partial charge in [-0.1, -0.05) is 42.5 Å². The molecule has 0 saturated heterocycles. The Hall–Kier alpha value is -2.10. The summed E-state index contributed by atoms with van der Waals surface area (Å²) in [5.74, 6) is -1.01. The second-order valence-electron chi connectivity index (χ2n) is 4.72. The van der Waals surface area contributed by atoms with Gasteiger partial charge in [-0.15, -0.1) is 0 Å². The Morgan fingerprint density at radius 1 is 1.32 bits per heavy atom. The number of hydrogen-bond acceptors (Lipinski definition) is 2. The number of carboxylic acids is 1. The van der Waals surface area contributed by atoms with E-state index in [0.717, 1.165) is 12.8 Å². The van der Waals surface area contributed by atoms with Crippen LogP contribution in [0.25, 0.3) is 0 Å². The van der Waals surface area contributed by atoms with E-state index < -0.39 is 12.0 Å². The van der Waals surface area contributed by atoms with Gasteiger partial charge in [0.25, 0.3) is 0 Å². The molecule has 0 heterocycles. The predicted octanol–water partition coefficient (Wildman–Crippen LogP) is 2.28. The average Bonchev–Trinajstić information content (AvgIpc) is 2.89. The summed E-state index contributed by atoms with van der Waals surface area (Å²) in [6.45, 7) is 0. The van der Waals surface area contributed by atoms with E-state index in [0.29, 0.717) is 12.0 Å². The molecule has 4 nitrogen and oxygen atoms in total. The molecule has 1 aliphatic carbocycles. The lowest BCUT2D eigenvalue weighted by molar-refractivity contribution is -0.142. The van der Waals surface area contributed by atoms with Gasteiger partial charge in [0.05, 0.1) is 0 Å². The third-order valence-electron chi connectivity index (χ3n) is 3.25. The van der Waals surface area contributed by atoms with E-state index in [2.05, 4.69) is 11.4 Å². The maximum absolute atomic E-state index is 11.9. The zero-order valence-electron chi connectivity index (χ0n) is 10.6. The molecule has 1 amide bonds. The van der Waals surface area contributed by atoms with Crippen molar-refractivity contribution in [1.29, 1.82) is 0 Å².